The summed E-state index contributed by atoms with van der Waals surface area (Å²) >= 11 is 0. The first-order valence-corrected chi connectivity index (χ1v) is 10.9. The molecule has 1 fully saturated rings. The van der Waals surface area contributed by atoms with Crippen molar-refractivity contribution in [3.63, 3.8) is 0 Å². The van der Waals surface area contributed by atoms with Crippen molar-refractivity contribution in [2.75, 3.05) is 0 Å². The fraction of sp³-hybridized carbons (Fsp3) is 0.480. The Morgan fingerprint density at radius 2 is 2.03 bits per heavy atom. The maximum absolute atomic E-state index is 12.9. The van der Waals surface area contributed by atoms with Gasteiger partial charge in [-0.3, -0.25) is 14.4 Å². The smallest absolute Gasteiger partial charge is 0.318 e. The van der Waals surface area contributed by atoms with Crippen LogP contribution in [0, 0.1) is 11.8 Å². The maximum atomic E-state index is 12.9. The first kappa shape index (κ1) is 22.9. The highest BCUT2D eigenvalue weighted by molar-refractivity contribution is 6.12. The number of aliphatic hydroxyl groups is 1. The number of aliphatic hydroxyl groups excluding tert-OH is 1. The molecule has 0 amide bonds. The van der Waals surface area contributed by atoms with E-state index < -0.39 is 35.3 Å². The molecule has 6 nitrogen and oxygen atoms in total. The van der Waals surface area contributed by atoms with Gasteiger partial charge in [0.1, 0.15) is 11.7 Å². The first-order valence-electron chi connectivity index (χ1n) is 10.9. The average Bonchev–Trinajstić information content (AvgIpc) is 2.98. The van der Waals surface area contributed by atoms with Gasteiger partial charge in [-0.25, -0.2) is 0 Å². The summed E-state index contributed by atoms with van der Waals surface area (Å²) in [5.74, 6) is -2.81. The van der Waals surface area contributed by atoms with Gasteiger partial charge in [0.2, 0.25) is 0 Å². The molecule has 3 rings (SSSR count). The van der Waals surface area contributed by atoms with Crippen LogP contribution in [0.25, 0.3) is 0 Å². The normalized spacial score (nSPS) is 28.5. The van der Waals surface area contributed by atoms with Crippen LogP contribution in [0.4, 0.5) is 0 Å². The van der Waals surface area contributed by atoms with E-state index >= 15 is 0 Å². The molecular weight excluding hydrogens is 396 g/mol. The minimum Gasteiger partial charge on any atom is -0.469 e. The van der Waals surface area contributed by atoms with Crippen molar-refractivity contribution < 1.29 is 29.0 Å². The molecule has 2 heterocycles. The molecule has 0 aromatic heterocycles. The lowest BCUT2D eigenvalue weighted by Crippen LogP contribution is -2.46. The Kier molecular flexibility index (Phi) is 7.11. The zero-order valence-electron chi connectivity index (χ0n) is 18.3. The summed E-state index contributed by atoms with van der Waals surface area (Å²) < 4.78 is 11.1. The largest absolute Gasteiger partial charge is 0.469 e. The van der Waals surface area contributed by atoms with Gasteiger partial charge in [0.05, 0.1) is 18.3 Å². The molecule has 0 spiro atoms. The Morgan fingerprint density at radius 1 is 1.26 bits per heavy atom. The second-order valence-corrected chi connectivity index (χ2v) is 8.49. The zero-order chi connectivity index (χ0) is 22.6. The second-order valence-electron chi connectivity index (χ2n) is 8.49. The number of unbranched alkanes of at least 4 members (excludes halogenated alkanes) is 3. The predicted molar refractivity (Wildman–Crippen MR) is 116 cm³/mol. The molecule has 0 aromatic rings. The fourth-order valence-corrected chi connectivity index (χ4v) is 4.25. The number of ether oxygens (including phenoxy) is 2. The number of hydrogen-bond acceptors (Lipinski definition) is 6. The zero-order valence-corrected chi connectivity index (χ0v) is 18.3. The Bertz CT molecular complexity index is 901. The number of esters is 1. The van der Waals surface area contributed by atoms with Crippen LogP contribution in [0.1, 0.15) is 52.9 Å². The molecule has 166 valence electrons. The van der Waals surface area contributed by atoms with Crippen molar-refractivity contribution in [2.45, 2.75) is 64.6 Å². The Labute approximate surface area is 183 Å². The first-order chi connectivity index (χ1) is 14.8. The van der Waals surface area contributed by atoms with Gasteiger partial charge in [0.15, 0.2) is 17.2 Å². The van der Waals surface area contributed by atoms with E-state index in [1.807, 2.05) is 6.08 Å². The summed E-state index contributed by atoms with van der Waals surface area (Å²) in [5.41, 5.74) is -0.260. The summed E-state index contributed by atoms with van der Waals surface area (Å²) in [6.07, 6.45) is 15.4. The van der Waals surface area contributed by atoms with Gasteiger partial charge in [0, 0.05) is 12.0 Å². The molecule has 1 N–H and O–H groups in total. The molecule has 0 saturated carbocycles. The van der Waals surface area contributed by atoms with Crippen LogP contribution in [0.5, 0.6) is 0 Å². The van der Waals surface area contributed by atoms with Crippen LogP contribution in [-0.4, -0.2) is 34.3 Å². The summed E-state index contributed by atoms with van der Waals surface area (Å²) in [6.45, 7) is 5.33. The van der Waals surface area contributed by atoms with E-state index in [0.717, 1.165) is 25.7 Å². The van der Waals surface area contributed by atoms with Crippen molar-refractivity contribution >= 4 is 17.5 Å². The molecule has 4 atom stereocenters. The summed E-state index contributed by atoms with van der Waals surface area (Å²) in [5, 5.41) is 9.61. The molecular formula is C25H30O6. The third-order valence-corrected chi connectivity index (χ3v) is 5.88. The molecule has 1 saturated heterocycles. The van der Waals surface area contributed by atoms with Crippen LogP contribution in [0.15, 0.2) is 59.6 Å². The Morgan fingerprint density at radius 3 is 2.74 bits per heavy atom. The topological polar surface area (TPSA) is 89.9 Å². The van der Waals surface area contributed by atoms with Crippen LogP contribution in [0.2, 0.25) is 0 Å². The highest BCUT2D eigenvalue weighted by Gasteiger charge is 2.62. The monoisotopic (exact) mass is 426 g/mol. The van der Waals surface area contributed by atoms with E-state index in [1.165, 1.54) is 18.4 Å². The molecule has 0 radical (unpaired) electrons. The lowest BCUT2D eigenvalue weighted by Gasteiger charge is -2.35. The van der Waals surface area contributed by atoms with Gasteiger partial charge in [-0.1, -0.05) is 38.0 Å². The van der Waals surface area contributed by atoms with Gasteiger partial charge >= 0.3 is 5.97 Å². The van der Waals surface area contributed by atoms with Crippen LogP contribution in [-0.2, 0) is 23.9 Å². The molecule has 3 aliphatic rings. The van der Waals surface area contributed by atoms with Gasteiger partial charge in [0.25, 0.3) is 0 Å². The SMILES string of the molecule is CCCCC/C=C/C=C/C(=O)[C@H]1C(=O)O[C@]2(C)C(=O)C=C3C=C(C[C@H](C)O)OC=C3[C@H]12. The molecule has 0 bridgehead atoms. The molecule has 6 heteroatoms. The number of hydrogen-bond donors (Lipinski definition) is 1. The van der Waals surface area contributed by atoms with E-state index in [0.29, 0.717) is 23.3 Å². The quantitative estimate of drug-likeness (QED) is 0.198. The molecule has 0 unspecified atom stereocenters. The lowest BCUT2D eigenvalue weighted by molar-refractivity contribution is -0.156. The predicted octanol–water partition coefficient (Wildman–Crippen LogP) is 3.87. The third kappa shape index (κ3) is 4.79. The van der Waals surface area contributed by atoms with Gasteiger partial charge < -0.3 is 14.6 Å². The maximum Gasteiger partial charge on any atom is 0.318 e. The van der Waals surface area contributed by atoms with E-state index in [-0.39, 0.29) is 5.78 Å². The van der Waals surface area contributed by atoms with Crippen LogP contribution >= 0.6 is 0 Å². The van der Waals surface area contributed by atoms with E-state index in [1.54, 1.807) is 32.1 Å². The minimum absolute atomic E-state index is 0.294. The molecule has 31 heavy (non-hydrogen) atoms. The van der Waals surface area contributed by atoms with Crippen LogP contribution < -0.4 is 0 Å². The third-order valence-electron chi connectivity index (χ3n) is 5.88. The van der Waals surface area contributed by atoms with Crippen molar-refractivity contribution in [1.82, 2.24) is 0 Å². The van der Waals surface area contributed by atoms with E-state index in [2.05, 4.69) is 6.92 Å². The van der Waals surface area contributed by atoms with Gasteiger partial charge in [-0.15, -0.1) is 0 Å². The highest BCUT2D eigenvalue weighted by Crippen LogP contribution is 2.49. The Balaban J connectivity index is 1.81. The molecule has 0 aromatic carbocycles. The lowest BCUT2D eigenvalue weighted by atomic mass is 9.67. The van der Waals surface area contributed by atoms with Crippen molar-refractivity contribution in [3.8, 4) is 0 Å². The van der Waals surface area contributed by atoms with E-state index in [9.17, 15) is 19.5 Å². The Hall–Kier alpha value is -2.73. The summed E-state index contributed by atoms with van der Waals surface area (Å²) in [6, 6.07) is 0. The minimum atomic E-state index is -1.43. The highest BCUT2D eigenvalue weighted by atomic mass is 16.6. The van der Waals surface area contributed by atoms with Gasteiger partial charge in [-0.2, -0.15) is 0 Å². The summed E-state index contributed by atoms with van der Waals surface area (Å²) in [7, 11) is 0. The average molecular weight is 427 g/mol. The number of ketones is 2. The fourth-order valence-electron chi connectivity index (χ4n) is 4.25. The number of rotatable bonds is 9. The summed E-state index contributed by atoms with van der Waals surface area (Å²) in [4.78, 5) is 38.4. The number of carbonyl (C=O) groups excluding carboxylic acids is 3. The number of allylic oxidation sites excluding steroid dienone is 6. The standard InChI is InChI=1S/C25H30O6/c1-4-5-6-7-8-9-10-11-20(27)22-23-19-15-30-18(12-16(2)26)13-17(19)14-21(28)25(23,3)31-24(22)29/h8-11,13-16,22-23,26H,4-7,12H2,1-3H3/b9-8+,11-10+/t16-,22+,23+,25+/m0/s1. The number of carbonyl (C=O) groups is 3. The van der Waals surface area contributed by atoms with Gasteiger partial charge in [-0.05, 0) is 50.5 Å². The number of fused-ring (bicyclic) bond motifs is 3. The van der Waals surface area contributed by atoms with E-state index in [4.69, 9.17) is 9.47 Å². The molecule has 2 aliphatic heterocycles. The van der Waals surface area contributed by atoms with Crippen molar-refractivity contribution in [3.05, 3.63) is 59.6 Å². The molecule has 1 aliphatic carbocycles. The second kappa shape index (κ2) is 9.60. The van der Waals surface area contributed by atoms with Crippen LogP contribution in [0.3, 0.4) is 0 Å². The van der Waals surface area contributed by atoms with Crippen molar-refractivity contribution in [2.24, 2.45) is 11.8 Å². The van der Waals surface area contributed by atoms with Crippen molar-refractivity contribution in [1.29, 1.82) is 0 Å².